The molecule has 19 heteroatoms. The Hall–Kier alpha value is -5.72. The van der Waals surface area contributed by atoms with Crippen LogP contribution in [0.4, 0.5) is 0 Å². The fourth-order valence-corrected chi connectivity index (χ4v) is 5.53. The molecule has 13 N–H and O–H groups in total. The number of guanidine groups is 1. The van der Waals surface area contributed by atoms with E-state index >= 15 is 0 Å². The Kier molecular flexibility index (Phi) is 14.1. The summed E-state index contributed by atoms with van der Waals surface area (Å²) in [4.78, 5) is 96.2. The molecule has 1 aliphatic rings. The molecule has 50 heavy (non-hydrogen) atoms. The van der Waals surface area contributed by atoms with Crippen LogP contribution in [0.15, 0.2) is 35.5 Å². The fourth-order valence-electron chi connectivity index (χ4n) is 5.53. The lowest BCUT2D eigenvalue weighted by molar-refractivity contribution is -0.143. The number of carboxylic acids is 2. The van der Waals surface area contributed by atoms with E-state index < -0.39 is 84.6 Å². The number of nitrogens with two attached hydrogens (primary N) is 3. The van der Waals surface area contributed by atoms with Gasteiger partial charge in [-0.05, 0) is 50.7 Å². The van der Waals surface area contributed by atoms with E-state index in [0.29, 0.717) is 6.42 Å². The second kappa shape index (κ2) is 18.2. The first-order valence-corrected chi connectivity index (χ1v) is 16.0. The van der Waals surface area contributed by atoms with E-state index in [9.17, 15) is 38.7 Å². The summed E-state index contributed by atoms with van der Waals surface area (Å²) in [5.41, 5.74) is 18.6. The fraction of sp³-hybridized carbons (Fsp3) is 0.484. The number of nitrogens with one attached hydrogen (secondary N) is 5. The van der Waals surface area contributed by atoms with Gasteiger partial charge in [0, 0.05) is 30.2 Å². The SMILES string of the molecule is C[C@H](NC(=O)[C@H](CC(=O)O)NC(=O)[C@@H]1CCCN1C(=O)[C@@H](N)Cc1c[nH]c2ccccc12)C(=O)N[C@@H](CCCN=C(N)N)C(=O)NCC(=O)O. The number of carbonyl (C=O) groups excluding carboxylic acids is 5. The number of hydrogen-bond donors (Lipinski definition) is 10. The monoisotopic (exact) mass is 700 g/mol. The van der Waals surface area contributed by atoms with Crippen LogP contribution < -0.4 is 38.5 Å². The zero-order valence-electron chi connectivity index (χ0n) is 27.5. The van der Waals surface area contributed by atoms with Crippen molar-refractivity contribution >= 4 is 58.3 Å². The quantitative estimate of drug-likeness (QED) is 0.0429. The normalized spacial score (nSPS) is 16.4. The lowest BCUT2D eigenvalue weighted by Gasteiger charge is -2.28. The van der Waals surface area contributed by atoms with Gasteiger partial charge in [0.2, 0.25) is 29.5 Å². The molecule has 2 aromatic rings. The topological polar surface area (TPSA) is 318 Å². The van der Waals surface area contributed by atoms with Gasteiger partial charge in [-0.2, -0.15) is 0 Å². The van der Waals surface area contributed by atoms with Crippen LogP contribution in [0.5, 0.6) is 0 Å². The second-order valence-corrected chi connectivity index (χ2v) is 11.9. The molecule has 1 saturated heterocycles. The molecule has 0 radical (unpaired) electrons. The average Bonchev–Trinajstić information content (AvgIpc) is 3.71. The van der Waals surface area contributed by atoms with Gasteiger partial charge in [-0.15, -0.1) is 0 Å². The van der Waals surface area contributed by atoms with Gasteiger partial charge in [0.1, 0.15) is 30.7 Å². The Morgan fingerprint density at radius 1 is 0.980 bits per heavy atom. The van der Waals surface area contributed by atoms with Crippen molar-refractivity contribution in [2.24, 2.45) is 22.2 Å². The summed E-state index contributed by atoms with van der Waals surface area (Å²) in [5.74, 6) is -6.81. The largest absolute Gasteiger partial charge is 0.481 e. The lowest BCUT2D eigenvalue weighted by atomic mass is 10.0. The first kappa shape index (κ1) is 38.7. The molecule has 1 aromatic heterocycles. The van der Waals surface area contributed by atoms with E-state index in [-0.39, 0.29) is 44.7 Å². The Bertz CT molecular complexity index is 1610. The molecule has 1 aromatic carbocycles. The van der Waals surface area contributed by atoms with Crippen LogP contribution >= 0.6 is 0 Å². The van der Waals surface area contributed by atoms with Crippen molar-refractivity contribution in [3.05, 3.63) is 36.0 Å². The molecule has 0 spiro atoms. The smallest absolute Gasteiger partial charge is 0.322 e. The predicted molar refractivity (Wildman–Crippen MR) is 179 cm³/mol. The van der Waals surface area contributed by atoms with Crippen molar-refractivity contribution in [1.82, 2.24) is 31.2 Å². The molecule has 19 nitrogen and oxygen atoms in total. The Labute approximate surface area is 286 Å². The van der Waals surface area contributed by atoms with Crippen molar-refractivity contribution < 1.29 is 43.8 Å². The van der Waals surface area contributed by atoms with Crippen LogP contribution in [0, 0.1) is 0 Å². The number of benzene rings is 1. The van der Waals surface area contributed by atoms with E-state index in [4.69, 9.17) is 22.3 Å². The summed E-state index contributed by atoms with van der Waals surface area (Å²) < 4.78 is 0. The molecule has 2 heterocycles. The molecule has 0 unspecified atom stereocenters. The minimum absolute atomic E-state index is 0.00832. The van der Waals surface area contributed by atoms with Crippen LogP contribution in [0.2, 0.25) is 0 Å². The number of aliphatic carboxylic acids is 2. The van der Waals surface area contributed by atoms with Crippen molar-refractivity contribution in [2.75, 3.05) is 19.6 Å². The molecule has 5 amide bonds. The van der Waals surface area contributed by atoms with Gasteiger partial charge in [0.25, 0.3) is 0 Å². The second-order valence-electron chi connectivity index (χ2n) is 11.9. The van der Waals surface area contributed by atoms with E-state index in [2.05, 4.69) is 31.2 Å². The zero-order valence-corrected chi connectivity index (χ0v) is 27.5. The number of aromatic amines is 1. The summed E-state index contributed by atoms with van der Waals surface area (Å²) in [6.45, 7) is 0.912. The molecule has 0 saturated carbocycles. The Morgan fingerprint density at radius 2 is 1.70 bits per heavy atom. The Morgan fingerprint density at radius 3 is 2.38 bits per heavy atom. The van der Waals surface area contributed by atoms with Gasteiger partial charge in [-0.1, -0.05) is 18.2 Å². The van der Waals surface area contributed by atoms with E-state index in [1.165, 1.54) is 11.8 Å². The minimum Gasteiger partial charge on any atom is -0.481 e. The van der Waals surface area contributed by atoms with Gasteiger partial charge >= 0.3 is 11.9 Å². The number of para-hydroxylation sites is 1. The van der Waals surface area contributed by atoms with Crippen LogP contribution in [0.3, 0.4) is 0 Å². The summed E-state index contributed by atoms with van der Waals surface area (Å²) >= 11 is 0. The standard InChI is InChI=1S/C31H44N10O9/c1-16(26(46)39-21(8-4-10-35-31(33)34)27(47)37-15-25(44)45)38-28(48)22(13-24(42)43)40-29(49)23-9-5-11-41(23)30(50)19(32)12-17-14-36-20-7-3-2-6-18(17)20/h2-3,6-7,14,16,19,21-23,36H,4-5,8-13,15,32H2,1H3,(H,37,47)(H,38,48)(H,39,46)(H,40,49)(H,42,43)(H,44,45)(H4,33,34,35)/t16-,19-,21-,22-,23-/m0/s1. The lowest BCUT2D eigenvalue weighted by Crippen LogP contribution is -2.58. The van der Waals surface area contributed by atoms with Crippen molar-refractivity contribution in [1.29, 1.82) is 0 Å². The van der Waals surface area contributed by atoms with Crippen LogP contribution in [-0.4, -0.2) is 117 Å². The number of aliphatic imine (C=N–C) groups is 1. The third-order valence-corrected chi connectivity index (χ3v) is 8.03. The highest BCUT2D eigenvalue weighted by Crippen LogP contribution is 2.22. The molecule has 0 aliphatic carbocycles. The van der Waals surface area contributed by atoms with Crippen LogP contribution in [0.25, 0.3) is 10.9 Å². The van der Waals surface area contributed by atoms with Gasteiger partial charge < -0.3 is 58.6 Å². The summed E-state index contributed by atoms with van der Waals surface area (Å²) in [5, 5.41) is 28.6. The molecular weight excluding hydrogens is 656 g/mol. The highest BCUT2D eigenvalue weighted by molar-refractivity contribution is 5.97. The van der Waals surface area contributed by atoms with E-state index in [1.807, 2.05) is 24.3 Å². The number of carboxylic acid groups (broad SMARTS) is 2. The number of hydrogen-bond acceptors (Lipinski definition) is 9. The van der Waals surface area contributed by atoms with Crippen molar-refractivity contribution in [3.63, 3.8) is 0 Å². The number of H-pyrrole nitrogens is 1. The molecular formula is C31H44N10O9. The molecule has 5 atom stereocenters. The number of likely N-dealkylation sites (tertiary alicyclic amines) is 1. The van der Waals surface area contributed by atoms with Crippen LogP contribution in [-0.2, 0) is 40.0 Å². The minimum atomic E-state index is -1.62. The average molecular weight is 701 g/mol. The van der Waals surface area contributed by atoms with Crippen LogP contribution in [0.1, 0.15) is 44.6 Å². The molecule has 272 valence electrons. The summed E-state index contributed by atoms with van der Waals surface area (Å²) in [6, 6.07) is 1.38. The number of amides is 5. The molecule has 3 rings (SSSR count). The Balaban J connectivity index is 1.63. The van der Waals surface area contributed by atoms with Gasteiger partial charge in [0.05, 0.1) is 12.5 Å². The summed E-state index contributed by atoms with van der Waals surface area (Å²) in [6.07, 6.45) is 2.11. The zero-order chi connectivity index (χ0) is 37.0. The number of rotatable bonds is 18. The highest BCUT2D eigenvalue weighted by atomic mass is 16.4. The van der Waals surface area contributed by atoms with E-state index in [1.54, 1.807) is 6.20 Å². The van der Waals surface area contributed by atoms with Gasteiger partial charge in [-0.25, -0.2) is 0 Å². The number of aromatic nitrogens is 1. The maximum absolute atomic E-state index is 13.4. The van der Waals surface area contributed by atoms with Gasteiger partial charge in [-0.3, -0.25) is 38.6 Å². The summed E-state index contributed by atoms with van der Waals surface area (Å²) in [7, 11) is 0. The molecule has 0 bridgehead atoms. The number of nitrogens with zero attached hydrogens (tertiary/aromatic N) is 2. The maximum atomic E-state index is 13.4. The van der Waals surface area contributed by atoms with Gasteiger partial charge in [0.15, 0.2) is 5.96 Å². The van der Waals surface area contributed by atoms with E-state index in [0.717, 1.165) is 16.5 Å². The highest BCUT2D eigenvalue weighted by Gasteiger charge is 2.38. The first-order valence-electron chi connectivity index (χ1n) is 16.0. The third kappa shape index (κ3) is 11.2. The first-order chi connectivity index (χ1) is 23.7. The predicted octanol–water partition coefficient (Wildman–Crippen LogP) is -2.77. The molecule has 1 fully saturated rings. The third-order valence-electron chi connectivity index (χ3n) is 8.03. The molecule has 1 aliphatic heterocycles. The number of fused-ring (bicyclic) bond motifs is 1. The number of carbonyl (C=O) groups is 7. The van der Waals surface area contributed by atoms with Crippen molar-refractivity contribution in [2.45, 2.75) is 75.7 Å². The van der Waals surface area contributed by atoms with Crippen molar-refractivity contribution in [3.8, 4) is 0 Å². The maximum Gasteiger partial charge on any atom is 0.322 e.